The zero-order valence-corrected chi connectivity index (χ0v) is 10.6. The average molecular weight is 235 g/mol. The van der Waals surface area contributed by atoms with Gasteiger partial charge in [-0.05, 0) is 13.3 Å². The number of aliphatic imine (C=N–C) groups is 1. The zero-order valence-electron chi connectivity index (χ0n) is 10.6. The highest BCUT2D eigenvalue weighted by molar-refractivity contribution is 5.59. The summed E-state index contributed by atoms with van der Waals surface area (Å²) in [6.07, 6.45) is -1.15. The molecule has 0 aliphatic rings. The molecule has 0 saturated carbocycles. The van der Waals surface area contributed by atoms with Crippen LogP contribution in [0.5, 0.6) is 0 Å². The third-order valence-electron chi connectivity index (χ3n) is 2.13. The lowest BCUT2D eigenvalue weighted by Gasteiger charge is -2.23. The number of unbranched alkanes of at least 4 members (excludes halogenated alkanes) is 1. The van der Waals surface area contributed by atoms with Gasteiger partial charge in [-0.1, -0.05) is 34.1 Å². The summed E-state index contributed by atoms with van der Waals surface area (Å²) in [6.45, 7) is 8.26. The van der Waals surface area contributed by atoms with Gasteiger partial charge in [0.05, 0.1) is 11.3 Å². The molecule has 0 rings (SSSR count). The second-order valence-corrected chi connectivity index (χ2v) is 4.82. The van der Waals surface area contributed by atoms with E-state index in [1.54, 1.807) is 27.0 Å². The highest BCUT2D eigenvalue weighted by atomic mass is 19.4. The first-order valence-electron chi connectivity index (χ1n) is 5.41. The molecule has 0 heterocycles. The standard InChI is InChI=1S/C12H20F3N/c1-6-7-8-16-10(11(3,4)5)9(2)12(13,14)15/h8H,6-7H2,1-5H3/b10-9+,16-8-. The molecule has 0 saturated heterocycles. The van der Waals surface area contributed by atoms with E-state index in [-0.39, 0.29) is 5.70 Å². The molecule has 0 bridgehead atoms. The summed E-state index contributed by atoms with van der Waals surface area (Å²) in [7, 11) is 0. The fraction of sp³-hybridized carbons (Fsp3) is 0.750. The summed E-state index contributed by atoms with van der Waals surface area (Å²) < 4.78 is 37.8. The molecular weight excluding hydrogens is 215 g/mol. The smallest absolute Gasteiger partial charge is 0.265 e. The van der Waals surface area contributed by atoms with E-state index in [9.17, 15) is 13.2 Å². The number of hydrogen-bond acceptors (Lipinski definition) is 1. The van der Waals surface area contributed by atoms with Crippen molar-refractivity contribution >= 4 is 6.21 Å². The number of allylic oxidation sites excluding steroid dienone is 2. The van der Waals surface area contributed by atoms with Crippen LogP contribution in [0, 0.1) is 5.41 Å². The van der Waals surface area contributed by atoms with Crippen LogP contribution in [0.1, 0.15) is 47.5 Å². The van der Waals surface area contributed by atoms with Crippen molar-refractivity contribution in [2.24, 2.45) is 10.4 Å². The molecule has 0 radical (unpaired) electrons. The summed E-state index contributed by atoms with van der Waals surface area (Å²) >= 11 is 0. The van der Waals surface area contributed by atoms with Gasteiger partial charge in [-0.3, -0.25) is 4.99 Å². The van der Waals surface area contributed by atoms with Crippen LogP contribution in [-0.2, 0) is 0 Å². The Hall–Kier alpha value is -0.800. The van der Waals surface area contributed by atoms with Crippen LogP contribution in [0.3, 0.4) is 0 Å². The van der Waals surface area contributed by atoms with Gasteiger partial charge in [-0.25, -0.2) is 0 Å². The van der Waals surface area contributed by atoms with E-state index in [1.807, 2.05) is 6.92 Å². The lowest BCUT2D eigenvalue weighted by molar-refractivity contribution is -0.0930. The van der Waals surface area contributed by atoms with Gasteiger partial charge in [0, 0.05) is 11.6 Å². The minimum absolute atomic E-state index is 0.119. The molecule has 0 aromatic carbocycles. The van der Waals surface area contributed by atoms with Gasteiger partial charge in [0.25, 0.3) is 0 Å². The van der Waals surface area contributed by atoms with Crippen molar-refractivity contribution < 1.29 is 13.2 Å². The summed E-state index contributed by atoms with van der Waals surface area (Å²) in [5.74, 6) is 0. The fourth-order valence-electron chi connectivity index (χ4n) is 1.27. The molecule has 0 N–H and O–H groups in total. The first-order valence-corrected chi connectivity index (χ1v) is 5.41. The molecule has 1 nitrogen and oxygen atoms in total. The number of alkyl halides is 3. The van der Waals surface area contributed by atoms with Crippen molar-refractivity contribution in [1.29, 1.82) is 0 Å². The number of nitrogens with zero attached hydrogens (tertiary/aromatic N) is 1. The predicted molar refractivity (Wildman–Crippen MR) is 61.6 cm³/mol. The van der Waals surface area contributed by atoms with E-state index in [1.165, 1.54) is 0 Å². The maximum Gasteiger partial charge on any atom is 0.414 e. The third-order valence-corrected chi connectivity index (χ3v) is 2.13. The predicted octanol–water partition coefficient (Wildman–Crippen LogP) is 4.74. The first-order chi connectivity index (χ1) is 7.10. The van der Waals surface area contributed by atoms with Crippen molar-refractivity contribution in [1.82, 2.24) is 0 Å². The zero-order chi connectivity index (χ0) is 13.0. The Labute approximate surface area is 95.5 Å². The Balaban J connectivity index is 5.26. The average Bonchev–Trinajstić information content (AvgIpc) is 2.08. The van der Waals surface area contributed by atoms with Gasteiger partial charge in [-0.15, -0.1) is 0 Å². The van der Waals surface area contributed by atoms with Crippen LogP contribution in [-0.4, -0.2) is 12.4 Å². The van der Waals surface area contributed by atoms with Gasteiger partial charge in [-0.2, -0.15) is 13.2 Å². The Morgan fingerprint density at radius 1 is 1.19 bits per heavy atom. The van der Waals surface area contributed by atoms with Gasteiger partial charge >= 0.3 is 6.18 Å². The summed E-state index contributed by atoms with van der Waals surface area (Å²) in [6, 6.07) is 0. The van der Waals surface area contributed by atoms with Crippen LogP contribution in [0.15, 0.2) is 16.3 Å². The highest BCUT2D eigenvalue weighted by Crippen LogP contribution is 2.36. The van der Waals surface area contributed by atoms with Crippen LogP contribution >= 0.6 is 0 Å². The van der Waals surface area contributed by atoms with E-state index in [4.69, 9.17) is 0 Å². The Morgan fingerprint density at radius 3 is 2.00 bits per heavy atom. The number of hydrogen-bond donors (Lipinski definition) is 0. The molecule has 0 aliphatic heterocycles. The molecule has 0 amide bonds. The maximum atomic E-state index is 12.6. The minimum atomic E-state index is -4.30. The van der Waals surface area contributed by atoms with Crippen molar-refractivity contribution in [2.75, 3.05) is 0 Å². The molecule has 0 fully saturated rings. The fourth-order valence-corrected chi connectivity index (χ4v) is 1.27. The van der Waals surface area contributed by atoms with E-state index in [0.717, 1.165) is 13.3 Å². The molecule has 0 aromatic rings. The highest BCUT2D eigenvalue weighted by Gasteiger charge is 2.35. The molecule has 0 aliphatic carbocycles. The third kappa shape index (κ3) is 4.81. The summed E-state index contributed by atoms with van der Waals surface area (Å²) in [5.41, 5.74) is -1.08. The summed E-state index contributed by atoms with van der Waals surface area (Å²) in [4.78, 5) is 3.99. The Bertz CT molecular complexity index is 280. The molecule has 16 heavy (non-hydrogen) atoms. The van der Waals surface area contributed by atoms with Crippen molar-refractivity contribution in [3.05, 3.63) is 11.3 Å². The van der Waals surface area contributed by atoms with Gasteiger partial charge in [0.2, 0.25) is 0 Å². The maximum absolute atomic E-state index is 12.6. The molecular formula is C12H20F3N. The van der Waals surface area contributed by atoms with Crippen LogP contribution in [0.4, 0.5) is 13.2 Å². The number of rotatable bonds is 3. The quantitative estimate of drug-likeness (QED) is 0.626. The van der Waals surface area contributed by atoms with E-state index in [2.05, 4.69) is 4.99 Å². The second kappa shape index (κ2) is 5.51. The lowest BCUT2D eigenvalue weighted by Crippen LogP contribution is -2.18. The monoisotopic (exact) mass is 235 g/mol. The lowest BCUT2D eigenvalue weighted by atomic mass is 9.89. The summed E-state index contributed by atoms with van der Waals surface area (Å²) in [5, 5.41) is 0. The van der Waals surface area contributed by atoms with Gasteiger partial charge in [0.1, 0.15) is 0 Å². The molecule has 0 atom stereocenters. The molecule has 94 valence electrons. The molecule has 0 spiro atoms. The normalized spacial score (nSPS) is 15.5. The van der Waals surface area contributed by atoms with Crippen LogP contribution in [0.2, 0.25) is 0 Å². The Morgan fingerprint density at radius 2 is 1.69 bits per heavy atom. The largest absolute Gasteiger partial charge is 0.414 e. The van der Waals surface area contributed by atoms with E-state index in [0.29, 0.717) is 6.42 Å². The van der Waals surface area contributed by atoms with Crippen molar-refractivity contribution in [3.8, 4) is 0 Å². The van der Waals surface area contributed by atoms with Crippen molar-refractivity contribution in [3.63, 3.8) is 0 Å². The molecule has 0 unspecified atom stereocenters. The molecule has 0 aromatic heterocycles. The SMILES string of the molecule is CCC/C=N\C(=C(/C)C(F)(F)F)C(C)(C)C. The van der Waals surface area contributed by atoms with Gasteiger partial charge in [0.15, 0.2) is 0 Å². The van der Waals surface area contributed by atoms with E-state index >= 15 is 0 Å². The van der Waals surface area contributed by atoms with Crippen molar-refractivity contribution in [2.45, 2.75) is 53.6 Å². The second-order valence-electron chi connectivity index (χ2n) is 4.82. The number of halogens is 3. The minimum Gasteiger partial charge on any atom is -0.265 e. The van der Waals surface area contributed by atoms with E-state index < -0.39 is 17.2 Å². The molecule has 4 heteroatoms. The van der Waals surface area contributed by atoms with Crippen LogP contribution in [0.25, 0.3) is 0 Å². The topological polar surface area (TPSA) is 12.4 Å². The Kier molecular flexibility index (Phi) is 5.23. The first kappa shape index (κ1) is 15.2. The van der Waals surface area contributed by atoms with Gasteiger partial charge < -0.3 is 0 Å². The van der Waals surface area contributed by atoms with Crippen LogP contribution < -0.4 is 0 Å².